The lowest BCUT2D eigenvalue weighted by molar-refractivity contribution is 0.102. The number of aromatic nitrogens is 5. The molecule has 0 saturated heterocycles. The molecule has 5 rings (SSSR count). The summed E-state index contributed by atoms with van der Waals surface area (Å²) in [5.41, 5.74) is 3.61. The molecule has 0 atom stereocenters. The fourth-order valence-electron chi connectivity index (χ4n) is 3.59. The van der Waals surface area contributed by atoms with Crippen LogP contribution in [0.15, 0.2) is 83.7 Å². The van der Waals surface area contributed by atoms with Crippen LogP contribution >= 0.6 is 0 Å². The highest BCUT2D eigenvalue weighted by atomic mass is 16.2. The number of aromatic amines is 1. The molecule has 8 heteroatoms. The Morgan fingerprint density at radius 2 is 1.59 bits per heavy atom. The van der Waals surface area contributed by atoms with E-state index in [1.807, 2.05) is 60.7 Å². The molecule has 0 aliphatic carbocycles. The maximum absolute atomic E-state index is 12.8. The number of fused-ring (bicyclic) bond motifs is 1. The van der Waals surface area contributed by atoms with Crippen molar-refractivity contribution in [1.82, 2.24) is 25.2 Å². The first-order valence-electron chi connectivity index (χ1n) is 9.99. The average Bonchev–Trinajstić information content (AvgIpc) is 3.22. The standard InChI is InChI=1S/C24H18N6O2/c1-15-21(27-29-30(15)18-7-3-2-4-8-18)24(32)25-17-13-11-16(12-14-17)22-19-9-5-6-10-20(19)23(31)28-26-22/h2-14H,1H3,(H,25,32)(H,28,31). The lowest BCUT2D eigenvalue weighted by atomic mass is 10.0. The van der Waals surface area contributed by atoms with Crippen LogP contribution in [0.1, 0.15) is 16.2 Å². The van der Waals surface area contributed by atoms with Crippen molar-refractivity contribution in [3.05, 3.63) is 101 Å². The van der Waals surface area contributed by atoms with E-state index in [2.05, 4.69) is 25.8 Å². The molecule has 2 heterocycles. The zero-order chi connectivity index (χ0) is 22.1. The normalized spacial score (nSPS) is 10.9. The minimum atomic E-state index is -0.343. The maximum Gasteiger partial charge on any atom is 0.278 e. The van der Waals surface area contributed by atoms with E-state index in [4.69, 9.17) is 0 Å². The summed E-state index contributed by atoms with van der Waals surface area (Å²) in [6.45, 7) is 1.80. The first kappa shape index (κ1) is 19.4. The van der Waals surface area contributed by atoms with Crippen molar-refractivity contribution in [3.8, 4) is 16.9 Å². The highest BCUT2D eigenvalue weighted by Crippen LogP contribution is 2.25. The van der Waals surface area contributed by atoms with E-state index in [-0.39, 0.29) is 17.2 Å². The van der Waals surface area contributed by atoms with Crippen LogP contribution < -0.4 is 10.9 Å². The van der Waals surface area contributed by atoms with Gasteiger partial charge in [-0.2, -0.15) is 5.10 Å². The highest BCUT2D eigenvalue weighted by Gasteiger charge is 2.17. The fraction of sp³-hybridized carbons (Fsp3) is 0.0417. The number of carbonyl (C=O) groups excluding carboxylic acids is 1. The van der Waals surface area contributed by atoms with Crippen molar-refractivity contribution < 1.29 is 4.79 Å². The average molecular weight is 422 g/mol. The monoisotopic (exact) mass is 422 g/mol. The van der Waals surface area contributed by atoms with E-state index in [1.165, 1.54) is 0 Å². The second-order valence-corrected chi connectivity index (χ2v) is 7.25. The first-order chi connectivity index (χ1) is 15.6. The van der Waals surface area contributed by atoms with E-state index >= 15 is 0 Å². The van der Waals surface area contributed by atoms with Crippen LogP contribution in [-0.4, -0.2) is 31.1 Å². The van der Waals surface area contributed by atoms with Crippen molar-refractivity contribution in [1.29, 1.82) is 0 Å². The number of rotatable bonds is 4. The van der Waals surface area contributed by atoms with Crippen molar-refractivity contribution in [3.63, 3.8) is 0 Å². The number of hydrogen-bond donors (Lipinski definition) is 2. The summed E-state index contributed by atoms with van der Waals surface area (Å²) >= 11 is 0. The zero-order valence-electron chi connectivity index (χ0n) is 17.1. The Hall–Kier alpha value is -4.59. The molecular weight excluding hydrogens is 404 g/mol. The predicted octanol–water partition coefficient (Wildman–Crippen LogP) is 3.73. The molecule has 8 nitrogen and oxygen atoms in total. The Labute approximate surface area is 182 Å². The first-order valence-corrected chi connectivity index (χ1v) is 9.99. The number of nitrogens with zero attached hydrogens (tertiary/aromatic N) is 4. The van der Waals surface area contributed by atoms with Crippen molar-refractivity contribution in [2.75, 3.05) is 5.32 Å². The van der Waals surface area contributed by atoms with Crippen LogP contribution in [0.3, 0.4) is 0 Å². The molecule has 0 aliphatic heterocycles. The molecule has 0 spiro atoms. The molecule has 156 valence electrons. The zero-order valence-corrected chi connectivity index (χ0v) is 17.1. The second-order valence-electron chi connectivity index (χ2n) is 7.25. The lowest BCUT2D eigenvalue weighted by Crippen LogP contribution is -2.14. The maximum atomic E-state index is 12.8. The Morgan fingerprint density at radius 3 is 2.34 bits per heavy atom. The number of amides is 1. The third-order valence-corrected chi connectivity index (χ3v) is 5.22. The molecule has 2 aromatic heterocycles. The largest absolute Gasteiger partial charge is 0.321 e. The molecule has 0 bridgehead atoms. The molecule has 2 N–H and O–H groups in total. The van der Waals surface area contributed by atoms with E-state index in [0.717, 1.165) is 16.6 Å². The Kier molecular flexibility index (Phi) is 4.79. The quantitative estimate of drug-likeness (QED) is 0.459. The van der Waals surface area contributed by atoms with Gasteiger partial charge in [0.05, 0.1) is 22.5 Å². The number of anilines is 1. The van der Waals surface area contributed by atoms with Gasteiger partial charge in [-0.15, -0.1) is 5.10 Å². The molecule has 32 heavy (non-hydrogen) atoms. The van der Waals surface area contributed by atoms with Crippen molar-refractivity contribution in [2.45, 2.75) is 6.92 Å². The summed E-state index contributed by atoms with van der Waals surface area (Å²) in [5, 5.41) is 19.1. The van der Waals surface area contributed by atoms with Crippen molar-refractivity contribution >= 4 is 22.4 Å². The lowest BCUT2D eigenvalue weighted by Gasteiger charge is -2.08. The van der Waals surface area contributed by atoms with Crippen LogP contribution in [0.5, 0.6) is 0 Å². The van der Waals surface area contributed by atoms with Gasteiger partial charge in [-0.25, -0.2) is 9.78 Å². The summed E-state index contributed by atoms with van der Waals surface area (Å²) in [6, 6.07) is 24.1. The van der Waals surface area contributed by atoms with Crippen molar-refractivity contribution in [2.24, 2.45) is 0 Å². The van der Waals surface area contributed by atoms with E-state index < -0.39 is 0 Å². The number of carbonyl (C=O) groups is 1. The van der Waals surface area contributed by atoms with Gasteiger partial charge in [0.15, 0.2) is 5.69 Å². The molecule has 1 amide bonds. The second kappa shape index (κ2) is 7.92. The molecule has 0 unspecified atom stereocenters. The Balaban J connectivity index is 1.39. The SMILES string of the molecule is Cc1c(C(=O)Nc2ccc(-c3n[nH]c(=O)c4ccccc34)cc2)nnn1-c1ccccc1. The minimum Gasteiger partial charge on any atom is -0.321 e. The van der Waals surface area contributed by atoms with Gasteiger partial charge < -0.3 is 5.32 Å². The summed E-state index contributed by atoms with van der Waals surface area (Å²) in [5.74, 6) is -0.343. The molecule has 0 radical (unpaired) electrons. The number of benzene rings is 3. The van der Waals surface area contributed by atoms with Crippen LogP contribution in [0, 0.1) is 6.92 Å². The number of para-hydroxylation sites is 1. The minimum absolute atomic E-state index is 0.229. The Morgan fingerprint density at radius 1 is 0.906 bits per heavy atom. The van der Waals surface area contributed by atoms with Gasteiger partial charge in [-0.05, 0) is 37.3 Å². The van der Waals surface area contributed by atoms with Gasteiger partial charge >= 0.3 is 0 Å². The van der Waals surface area contributed by atoms with E-state index in [9.17, 15) is 9.59 Å². The number of nitrogens with one attached hydrogen (secondary N) is 2. The van der Waals surface area contributed by atoms with Crippen LogP contribution in [0.2, 0.25) is 0 Å². The van der Waals surface area contributed by atoms with Gasteiger partial charge in [0.1, 0.15) is 0 Å². The third-order valence-electron chi connectivity index (χ3n) is 5.22. The van der Waals surface area contributed by atoms with Gasteiger partial charge in [-0.1, -0.05) is 53.7 Å². The summed E-state index contributed by atoms with van der Waals surface area (Å²) < 4.78 is 1.63. The topological polar surface area (TPSA) is 106 Å². The predicted molar refractivity (Wildman–Crippen MR) is 122 cm³/mol. The highest BCUT2D eigenvalue weighted by molar-refractivity contribution is 6.03. The summed E-state index contributed by atoms with van der Waals surface area (Å²) in [7, 11) is 0. The van der Waals surface area contributed by atoms with Crippen LogP contribution in [-0.2, 0) is 0 Å². The van der Waals surface area contributed by atoms with Gasteiger partial charge in [0.25, 0.3) is 11.5 Å². The molecule has 3 aromatic carbocycles. The third kappa shape index (κ3) is 3.43. The smallest absolute Gasteiger partial charge is 0.278 e. The number of hydrogen-bond acceptors (Lipinski definition) is 5. The van der Waals surface area contributed by atoms with Gasteiger partial charge in [0.2, 0.25) is 0 Å². The Bertz CT molecular complexity index is 1490. The molecular formula is C24H18N6O2. The molecule has 0 saturated carbocycles. The van der Waals surface area contributed by atoms with Crippen LogP contribution in [0.25, 0.3) is 27.7 Å². The van der Waals surface area contributed by atoms with E-state index in [1.54, 1.807) is 29.8 Å². The molecule has 0 aliphatic rings. The van der Waals surface area contributed by atoms with E-state index in [0.29, 0.717) is 22.5 Å². The van der Waals surface area contributed by atoms with Crippen LogP contribution in [0.4, 0.5) is 5.69 Å². The summed E-state index contributed by atoms with van der Waals surface area (Å²) in [4.78, 5) is 24.8. The molecule has 0 fully saturated rings. The van der Waals surface area contributed by atoms with Gasteiger partial charge in [-0.3, -0.25) is 9.59 Å². The number of H-pyrrole nitrogens is 1. The summed E-state index contributed by atoms with van der Waals surface area (Å²) in [6.07, 6.45) is 0. The van der Waals surface area contributed by atoms with Gasteiger partial charge in [0, 0.05) is 16.6 Å². The molecule has 5 aromatic rings. The fourth-order valence-corrected chi connectivity index (χ4v) is 3.59.